The number of hydrogen-bond donors (Lipinski definition) is 2. The number of nitrogens with zero attached hydrogens (tertiary/aromatic N) is 1. The molecule has 2 N–H and O–H groups in total. The van der Waals surface area contributed by atoms with E-state index in [9.17, 15) is 0 Å². The smallest absolute Gasteiger partial charge is 0.291 e. The van der Waals surface area contributed by atoms with Gasteiger partial charge in [-0.1, -0.05) is 0 Å². The number of H-pyrrole nitrogens is 1. The van der Waals surface area contributed by atoms with Crippen molar-refractivity contribution in [2.24, 2.45) is 0 Å². The van der Waals surface area contributed by atoms with Gasteiger partial charge in [-0.2, -0.15) is 0 Å². The lowest BCUT2D eigenvalue weighted by Gasteiger charge is -1.72. The van der Waals surface area contributed by atoms with Crippen molar-refractivity contribution in [3.05, 3.63) is 9.90 Å². The van der Waals surface area contributed by atoms with Crippen molar-refractivity contribution in [3.8, 4) is 6.01 Å². The molecule has 0 aliphatic rings. The van der Waals surface area contributed by atoms with Crippen molar-refractivity contribution in [1.29, 1.82) is 0 Å². The number of aromatic amines is 1. The molecule has 0 saturated heterocycles. The van der Waals surface area contributed by atoms with Gasteiger partial charge in [0.1, 0.15) is 0 Å². The van der Waals surface area contributed by atoms with Gasteiger partial charge in [0, 0.05) is 0 Å². The molecule has 0 amide bonds. The van der Waals surface area contributed by atoms with E-state index in [2.05, 4.69) is 9.97 Å². The Morgan fingerprint density at radius 2 is 2.57 bits per heavy atom. The molecule has 1 aromatic heterocycles. The summed E-state index contributed by atoms with van der Waals surface area (Å²) in [6.07, 6.45) is 1.55. The first-order valence-electron chi connectivity index (χ1n) is 1.68. The molecule has 0 aliphatic carbocycles. The highest BCUT2D eigenvalue weighted by atomic mass is 127. The summed E-state index contributed by atoms with van der Waals surface area (Å²) in [6.45, 7) is 0. The largest absolute Gasteiger partial charge is 0.480 e. The van der Waals surface area contributed by atoms with Gasteiger partial charge in [0.25, 0.3) is 6.01 Å². The minimum absolute atomic E-state index is 0.0237. The summed E-state index contributed by atoms with van der Waals surface area (Å²) in [6, 6.07) is -0.0237. The maximum Gasteiger partial charge on any atom is 0.291 e. The van der Waals surface area contributed by atoms with Crippen LogP contribution in [-0.2, 0) is 0 Å². The van der Waals surface area contributed by atoms with E-state index in [0.29, 0.717) is 0 Å². The lowest BCUT2D eigenvalue weighted by molar-refractivity contribution is 0.436. The quantitative estimate of drug-likeness (QED) is 0.619. The molecule has 3 nitrogen and oxygen atoms in total. The third-order valence-corrected chi connectivity index (χ3v) is 1.08. The SMILES string of the molecule is Oc1ncc(I)[nH]1. The van der Waals surface area contributed by atoms with E-state index < -0.39 is 0 Å². The zero-order valence-corrected chi connectivity index (χ0v) is 5.51. The molecule has 1 heterocycles. The third-order valence-electron chi connectivity index (χ3n) is 0.531. The molecule has 0 fully saturated rings. The lowest BCUT2D eigenvalue weighted by Crippen LogP contribution is -1.62. The molecule has 0 aliphatic heterocycles. The van der Waals surface area contributed by atoms with Gasteiger partial charge < -0.3 is 10.1 Å². The van der Waals surface area contributed by atoms with E-state index in [0.717, 1.165) is 3.70 Å². The second kappa shape index (κ2) is 1.69. The van der Waals surface area contributed by atoms with Gasteiger partial charge in [0.05, 0.1) is 9.90 Å². The van der Waals surface area contributed by atoms with Gasteiger partial charge in [-0.25, -0.2) is 4.98 Å². The molecular weight excluding hydrogens is 207 g/mol. The molecule has 4 heteroatoms. The summed E-state index contributed by atoms with van der Waals surface area (Å²) in [5, 5.41) is 8.48. The summed E-state index contributed by atoms with van der Waals surface area (Å²) in [5.41, 5.74) is 0. The Hall–Kier alpha value is -0.260. The van der Waals surface area contributed by atoms with Crippen LogP contribution in [0.4, 0.5) is 0 Å². The molecule has 0 saturated carbocycles. The van der Waals surface area contributed by atoms with E-state index in [-0.39, 0.29) is 6.01 Å². The van der Waals surface area contributed by atoms with Gasteiger partial charge in [0.15, 0.2) is 0 Å². The molecule has 0 atom stereocenters. The highest BCUT2D eigenvalue weighted by Crippen LogP contribution is 2.03. The van der Waals surface area contributed by atoms with Crippen LogP contribution < -0.4 is 0 Å². The predicted octanol–water partition coefficient (Wildman–Crippen LogP) is 0.720. The van der Waals surface area contributed by atoms with E-state index in [1.54, 1.807) is 6.20 Å². The molecule has 0 bridgehead atoms. The van der Waals surface area contributed by atoms with E-state index >= 15 is 0 Å². The highest BCUT2D eigenvalue weighted by Gasteiger charge is 1.88. The Morgan fingerprint density at radius 1 is 1.86 bits per heavy atom. The average Bonchev–Trinajstić information content (AvgIpc) is 1.87. The van der Waals surface area contributed by atoms with Gasteiger partial charge in [-0.3, -0.25) is 0 Å². The summed E-state index contributed by atoms with van der Waals surface area (Å²) < 4.78 is 0.843. The summed E-state index contributed by atoms with van der Waals surface area (Å²) >= 11 is 2.02. The van der Waals surface area contributed by atoms with Gasteiger partial charge in [0.2, 0.25) is 0 Å². The van der Waals surface area contributed by atoms with Crippen LogP contribution in [0.5, 0.6) is 6.01 Å². The number of imidazole rings is 1. The first-order chi connectivity index (χ1) is 3.29. The third kappa shape index (κ3) is 1.05. The molecule has 1 rings (SSSR count). The fourth-order valence-corrected chi connectivity index (χ4v) is 0.670. The summed E-state index contributed by atoms with van der Waals surface area (Å²) in [5.74, 6) is 0. The van der Waals surface area contributed by atoms with Crippen LogP contribution >= 0.6 is 22.6 Å². The Kier molecular flexibility index (Phi) is 1.18. The molecule has 0 unspecified atom stereocenters. The summed E-state index contributed by atoms with van der Waals surface area (Å²) in [7, 11) is 0. The predicted molar refractivity (Wildman–Crippen MR) is 33.0 cm³/mol. The van der Waals surface area contributed by atoms with Crippen molar-refractivity contribution in [1.82, 2.24) is 9.97 Å². The minimum atomic E-state index is -0.0237. The zero-order valence-electron chi connectivity index (χ0n) is 3.35. The second-order valence-corrected chi connectivity index (χ2v) is 2.22. The van der Waals surface area contributed by atoms with Crippen molar-refractivity contribution in [2.45, 2.75) is 0 Å². The molecule has 38 valence electrons. The normalized spacial score (nSPS) is 9.29. The van der Waals surface area contributed by atoms with E-state index in [1.165, 1.54) is 0 Å². The number of aromatic hydroxyl groups is 1. The van der Waals surface area contributed by atoms with Crippen LogP contribution in [0.3, 0.4) is 0 Å². The molecule has 0 aromatic carbocycles. The topological polar surface area (TPSA) is 48.9 Å². The molecule has 0 spiro atoms. The zero-order chi connectivity index (χ0) is 5.28. The van der Waals surface area contributed by atoms with Crippen molar-refractivity contribution < 1.29 is 5.11 Å². The highest BCUT2D eigenvalue weighted by molar-refractivity contribution is 14.1. The Morgan fingerprint density at radius 3 is 2.71 bits per heavy atom. The van der Waals surface area contributed by atoms with E-state index in [1.807, 2.05) is 22.6 Å². The number of hydrogen-bond acceptors (Lipinski definition) is 2. The molecule has 7 heavy (non-hydrogen) atoms. The van der Waals surface area contributed by atoms with Crippen molar-refractivity contribution in [3.63, 3.8) is 0 Å². The van der Waals surface area contributed by atoms with Gasteiger partial charge >= 0.3 is 0 Å². The minimum Gasteiger partial charge on any atom is -0.480 e. The summed E-state index contributed by atoms with van der Waals surface area (Å²) in [4.78, 5) is 6.08. The standard InChI is InChI=1S/C3H3IN2O/c4-2-1-5-3(7)6-2/h1H,(H2,5,6,7). The number of rotatable bonds is 0. The fraction of sp³-hybridized carbons (Fsp3) is 0. The second-order valence-electron chi connectivity index (χ2n) is 1.05. The lowest BCUT2D eigenvalue weighted by atomic mass is 11.0. The monoisotopic (exact) mass is 210 g/mol. The number of nitrogens with one attached hydrogen (secondary N) is 1. The fourth-order valence-electron chi connectivity index (χ4n) is 0.289. The van der Waals surface area contributed by atoms with Crippen LogP contribution in [-0.4, -0.2) is 15.1 Å². The number of aromatic nitrogens is 2. The van der Waals surface area contributed by atoms with Crippen LogP contribution in [0, 0.1) is 3.70 Å². The first kappa shape index (κ1) is 4.89. The first-order valence-corrected chi connectivity index (χ1v) is 2.76. The maximum atomic E-state index is 8.48. The maximum absolute atomic E-state index is 8.48. The van der Waals surface area contributed by atoms with Crippen LogP contribution in [0.1, 0.15) is 0 Å². The molecular formula is C3H3IN2O. The van der Waals surface area contributed by atoms with Gasteiger partial charge in [-0.05, 0) is 22.6 Å². The Bertz CT molecular complexity index is 145. The Labute approximate surface area is 53.9 Å². The Balaban J connectivity index is 3.04. The number of halogens is 1. The van der Waals surface area contributed by atoms with Crippen LogP contribution in [0.2, 0.25) is 0 Å². The van der Waals surface area contributed by atoms with Crippen LogP contribution in [0.15, 0.2) is 6.20 Å². The molecule has 1 aromatic rings. The molecule has 0 radical (unpaired) electrons. The van der Waals surface area contributed by atoms with Gasteiger partial charge in [-0.15, -0.1) is 0 Å². The van der Waals surface area contributed by atoms with Crippen molar-refractivity contribution >= 4 is 22.6 Å². The average molecular weight is 210 g/mol. The van der Waals surface area contributed by atoms with E-state index in [4.69, 9.17) is 5.11 Å². The van der Waals surface area contributed by atoms with Crippen molar-refractivity contribution in [2.75, 3.05) is 0 Å². The van der Waals surface area contributed by atoms with Crippen LogP contribution in [0.25, 0.3) is 0 Å².